The van der Waals surface area contributed by atoms with Gasteiger partial charge in [-0.3, -0.25) is 0 Å². The first-order valence-electron chi connectivity index (χ1n) is 9.63. The van der Waals surface area contributed by atoms with Crippen molar-refractivity contribution in [2.75, 3.05) is 0 Å². The molecule has 0 aliphatic heterocycles. The summed E-state index contributed by atoms with van der Waals surface area (Å²) >= 11 is 0. The number of rotatable bonds is 3. The van der Waals surface area contributed by atoms with Crippen LogP contribution in [0.25, 0.3) is 0 Å². The highest BCUT2D eigenvalue weighted by atomic mass is 31.1. The maximum Gasteiger partial charge on any atom is 0.127 e. The van der Waals surface area contributed by atoms with Crippen molar-refractivity contribution >= 4 is 18.5 Å². The van der Waals surface area contributed by atoms with Gasteiger partial charge in [0.05, 0.1) is 0 Å². The molecule has 3 rings (SSSR count). The highest BCUT2D eigenvalue weighted by molar-refractivity contribution is 7.75. The Labute approximate surface area is 165 Å². The Morgan fingerprint density at radius 2 is 1.37 bits per heavy atom. The third kappa shape index (κ3) is 3.50. The SMILES string of the molecule is CC(C)(C)c1cccc(P(c2ccccc2)C2(C(C)(C)C)C=CC=C2)c1O. The van der Waals surface area contributed by atoms with Crippen LogP contribution < -0.4 is 10.6 Å². The van der Waals surface area contributed by atoms with Crippen molar-refractivity contribution in [3.63, 3.8) is 0 Å². The van der Waals surface area contributed by atoms with Crippen molar-refractivity contribution in [3.8, 4) is 5.75 Å². The summed E-state index contributed by atoms with van der Waals surface area (Å²) < 4.78 is 0. The Morgan fingerprint density at radius 3 is 1.89 bits per heavy atom. The summed E-state index contributed by atoms with van der Waals surface area (Å²) in [5.41, 5.74) is 0.925. The molecule has 27 heavy (non-hydrogen) atoms. The Balaban J connectivity index is 2.32. The lowest BCUT2D eigenvalue weighted by Crippen LogP contribution is -2.42. The number of para-hydroxylation sites is 1. The molecular weight excluding hydrogens is 347 g/mol. The van der Waals surface area contributed by atoms with Crippen LogP contribution in [0.3, 0.4) is 0 Å². The van der Waals surface area contributed by atoms with Gasteiger partial charge in [-0.1, -0.05) is 114 Å². The standard InChI is InChI=1S/C25H31OP/c1-23(2,3)20-15-12-16-21(22(20)26)27(19-13-8-7-9-14-19)25(24(4,5)6)17-10-11-18-25/h7-18,26H,1-6H3. The van der Waals surface area contributed by atoms with Crippen LogP contribution in [0.15, 0.2) is 72.8 Å². The quantitative estimate of drug-likeness (QED) is 0.646. The minimum Gasteiger partial charge on any atom is -0.507 e. The van der Waals surface area contributed by atoms with E-state index in [4.69, 9.17) is 0 Å². The second-order valence-electron chi connectivity index (χ2n) is 9.39. The van der Waals surface area contributed by atoms with Gasteiger partial charge in [-0.05, 0) is 29.6 Å². The highest BCUT2D eigenvalue weighted by Crippen LogP contribution is 2.61. The molecule has 1 atom stereocenters. The molecule has 142 valence electrons. The minimum atomic E-state index is -0.832. The van der Waals surface area contributed by atoms with E-state index in [0.29, 0.717) is 5.75 Å². The molecule has 0 amide bonds. The van der Waals surface area contributed by atoms with E-state index in [1.165, 1.54) is 5.30 Å². The predicted octanol–water partition coefficient (Wildman–Crippen LogP) is 6.03. The molecule has 1 N–H and O–H groups in total. The molecule has 1 aliphatic carbocycles. The maximum atomic E-state index is 11.4. The molecule has 0 heterocycles. The van der Waals surface area contributed by atoms with Gasteiger partial charge in [-0.25, -0.2) is 0 Å². The lowest BCUT2D eigenvalue weighted by atomic mass is 9.81. The number of phenolic OH excluding ortho intramolecular Hbond substituents is 1. The first-order valence-corrected chi connectivity index (χ1v) is 11.0. The first-order chi connectivity index (χ1) is 12.6. The Bertz CT molecular complexity index is 851. The second kappa shape index (κ2) is 6.95. The average Bonchev–Trinajstić information content (AvgIpc) is 3.07. The lowest BCUT2D eigenvalue weighted by Gasteiger charge is -2.46. The predicted molar refractivity (Wildman–Crippen MR) is 120 cm³/mol. The van der Waals surface area contributed by atoms with Crippen molar-refractivity contribution in [2.24, 2.45) is 5.41 Å². The van der Waals surface area contributed by atoms with Gasteiger partial charge in [0.2, 0.25) is 0 Å². The van der Waals surface area contributed by atoms with E-state index < -0.39 is 7.92 Å². The zero-order chi connectivity index (χ0) is 19.9. The number of benzene rings is 2. The lowest BCUT2D eigenvalue weighted by molar-refractivity contribution is 0.372. The van der Waals surface area contributed by atoms with Crippen molar-refractivity contribution in [2.45, 2.75) is 52.1 Å². The number of aromatic hydroxyl groups is 1. The monoisotopic (exact) mass is 378 g/mol. The van der Waals surface area contributed by atoms with Crippen LogP contribution in [0.5, 0.6) is 5.75 Å². The Morgan fingerprint density at radius 1 is 0.778 bits per heavy atom. The fourth-order valence-corrected chi connectivity index (χ4v) is 7.17. The Hall–Kier alpha value is -1.85. The summed E-state index contributed by atoms with van der Waals surface area (Å²) in [7, 11) is -0.832. The molecular formula is C25H31OP. The molecule has 0 spiro atoms. The molecule has 1 aliphatic rings. The molecule has 0 radical (unpaired) electrons. The molecule has 0 bridgehead atoms. The van der Waals surface area contributed by atoms with E-state index in [0.717, 1.165) is 10.9 Å². The van der Waals surface area contributed by atoms with Crippen molar-refractivity contribution < 1.29 is 5.11 Å². The third-order valence-electron chi connectivity index (χ3n) is 5.46. The number of allylic oxidation sites excluding steroid dienone is 4. The van der Waals surface area contributed by atoms with Gasteiger partial charge in [0.25, 0.3) is 0 Å². The van der Waals surface area contributed by atoms with Crippen LogP contribution in [0.4, 0.5) is 0 Å². The van der Waals surface area contributed by atoms with Crippen LogP contribution in [0, 0.1) is 5.41 Å². The zero-order valence-electron chi connectivity index (χ0n) is 17.3. The smallest absolute Gasteiger partial charge is 0.127 e. The molecule has 1 unspecified atom stereocenters. The summed E-state index contributed by atoms with van der Waals surface area (Å²) in [5, 5.41) is 13.6. The Kier molecular flexibility index (Phi) is 5.12. The van der Waals surface area contributed by atoms with Gasteiger partial charge < -0.3 is 5.11 Å². The van der Waals surface area contributed by atoms with E-state index in [1.807, 2.05) is 0 Å². The number of hydrogen-bond acceptors (Lipinski definition) is 1. The fraction of sp³-hybridized carbons (Fsp3) is 0.360. The summed E-state index contributed by atoms with van der Waals surface area (Å²) in [4.78, 5) is 0. The molecule has 0 aromatic heterocycles. The highest BCUT2D eigenvalue weighted by Gasteiger charge is 2.47. The van der Waals surface area contributed by atoms with E-state index in [-0.39, 0.29) is 16.0 Å². The second-order valence-corrected chi connectivity index (χ2v) is 11.8. The third-order valence-corrected chi connectivity index (χ3v) is 8.83. The zero-order valence-corrected chi connectivity index (χ0v) is 18.2. The topological polar surface area (TPSA) is 20.2 Å². The molecule has 0 saturated carbocycles. The van der Waals surface area contributed by atoms with Gasteiger partial charge >= 0.3 is 0 Å². The number of phenols is 1. The summed E-state index contributed by atoms with van der Waals surface area (Å²) in [6.07, 6.45) is 9.01. The van der Waals surface area contributed by atoms with Crippen molar-refractivity contribution in [3.05, 3.63) is 78.4 Å². The van der Waals surface area contributed by atoms with Crippen molar-refractivity contribution in [1.29, 1.82) is 0 Å². The molecule has 0 fully saturated rings. The van der Waals surface area contributed by atoms with E-state index in [9.17, 15) is 5.11 Å². The molecule has 2 aromatic rings. The normalized spacial score (nSPS) is 17.3. The van der Waals surface area contributed by atoms with Gasteiger partial charge in [-0.2, -0.15) is 0 Å². The van der Waals surface area contributed by atoms with Crippen LogP contribution in [0.1, 0.15) is 47.1 Å². The van der Waals surface area contributed by atoms with Gasteiger partial charge in [0.1, 0.15) is 5.75 Å². The minimum absolute atomic E-state index is 0.0161. The van der Waals surface area contributed by atoms with E-state index in [1.54, 1.807) is 0 Å². The fourth-order valence-electron chi connectivity index (χ4n) is 3.89. The van der Waals surface area contributed by atoms with Gasteiger partial charge in [0.15, 0.2) is 0 Å². The number of hydrogen-bond donors (Lipinski definition) is 1. The molecule has 1 nitrogen and oxygen atoms in total. The largest absolute Gasteiger partial charge is 0.507 e. The maximum absolute atomic E-state index is 11.4. The van der Waals surface area contributed by atoms with Crippen molar-refractivity contribution in [1.82, 2.24) is 0 Å². The van der Waals surface area contributed by atoms with Crippen LogP contribution in [-0.2, 0) is 5.41 Å². The van der Waals surface area contributed by atoms with Gasteiger partial charge in [-0.15, -0.1) is 0 Å². The van der Waals surface area contributed by atoms with E-state index >= 15 is 0 Å². The first kappa shape index (κ1) is 19.9. The summed E-state index contributed by atoms with van der Waals surface area (Å²) in [6.45, 7) is 13.4. The average molecular weight is 378 g/mol. The van der Waals surface area contributed by atoms with Crippen LogP contribution in [0.2, 0.25) is 0 Å². The van der Waals surface area contributed by atoms with Crippen LogP contribution in [-0.4, -0.2) is 10.3 Å². The summed E-state index contributed by atoms with van der Waals surface area (Å²) in [5.74, 6) is 0.456. The van der Waals surface area contributed by atoms with Gasteiger partial charge in [0, 0.05) is 10.5 Å². The molecule has 2 heteroatoms. The van der Waals surface area contributed by atoms with Crippen LogP contribution >= 0.6 is 7.92 Å². The molecule has 2 aromatic carbocycles. The summed E-state index contributed by atoms with van der Waals surface area (Å²) in [6, 6.07) is 17.0. The molecule has 0 saturated heterocycles. The van der Waals surface area contributed by atoms with E-state index in [2.05, 4.69) is 114 Å².